The van der Waals surface area contributed by atoms with E-state index in [0.717, 1.165) is 64.0 Å². The van der Waals surface area contributed by atoms with E-state index in [9.17, 15) is 9.18 Å². The Morgan fingerprint density at radius 3 is 2.82 bits per heavy atom. The number of ether oxygens (including phenoxy) is 2. The van der Waals surface area contributed by atoms with Crippen molar-refractivity contribution in [3.63, 3.8) is 0 Å². The molecule has 0 unspecified atom stereocenters. The lowest BCUT2D eigenvalue weighted by atomic mass is 9.95. The molecular weight excluding hydrogens is 507 g/mol. The van der Waals surface area contributed by atoms with Gasteiger partial charge in [-0.3, -0.25) is 15.2 Å². The summed E-state index contributed by atoms with van der Waals surface area (Å²) in [6, 6.07) is 9.13. The van der Waals surface area contributed by atoms with Crippen LogP contribution in [0.25, 0.3) is 27.5 Å². The third-order valence-electron chi connectivity index (χ3n) is 6.86. The van der Waals surface area contributed by atoms with Crippen LogP contribution in [0.1, 0.15) is 22.5 Å². The molecule has 1 amide bonds. The first-order valence-electron chi connectivity index (χ1n) is 12.5. The molecule has 9 nitrogen and oxygen atoms in total. The minimum Gasteiger partial charge on any atom is -0.453 e. The molecule has 0 radical (unpaired) electrons. The summed E-state index contributed by atoms with van der Waals surface area (Å²) in [5.41, 5.74) is 6.93. The number of methoxy groups -OCH3 is 1. The summed E-state index contributed by atoms with van der Waals surface area (Å²) in [4.78, 5) is 24.1. The maximum atomic E-state index is 14.9. The number of hydrogen-bond acceptors (Lipinski definition) is 8. The minimum absolute atomic E-state index is 0.243. The molecule has 0 bridgehead atoms. The molecule has 1 fully saturated rings. The summed E-state index contributed by atoms with van der Waals surface area (Å²) in [6.45, 7) is 5.29. The fraction of sp³-hybridized carbons (Fsp3) is 0.333. The number of hydrogen-bond donors (Lipinski definition) is 1. The van der Waals surface area contributed by atoms with Gasteiger partial charge in [0.2, 0.25) is 0 Å². The summed E-state index contributed by atoms with van der Waals surface area (Å²) in [5.74, 6) is -0.243. The molecule has 0 atom stereocenters. The van der Waals surface area contributed by atoms with Gasteiger partial charge >= 0.3 is 6.09 Å². The number of benzene rings is 1. The topological polar surface area (TPSA) is 94.4 Å². The normalized spacial score (nSPS) is 15.1. The summed E-state index contributed by atoms with van der Waals surface area (Å²) in [6.07, 6.45) is 2.71. The molecule has 1 saturated heterocycles. The number of rotatable bonds is 5. The van der Waals surface area contributed by atoms with Crippen LogP contribution in [0.15, 0.2) is 36.5 Å². The van der Waals surface area contributed by atoms with E-state index in [-0.39, 0.29) is 5.82 Å². The molecule has 0 spiro atoms. The number of aryl methyl sites for hydroxylation is 2. The number of morpholine rings is 1. The first-order chi connectivity index (χ1) is 18.5. The van der Waals surface area contributed by atoms with E-state index in [0.29, 0.717) is 36.9 Å². The zero-order valence-electron chi connectivity index (χ0n) is 21.2. The molecule has 4 heterocycles. The minimum atomic E-state index is -0.567. The Labute approximate surface area is 223 Å². The van der Waals surface area contributed by atoms with Crippen LogP contribution in [-0.4, -0.2) is 64.2 Å². The largest absolute Gasteiger partial charge is 0.453 e. The van der Waals surface area contributed by atoms with Crippen LogP contribution in [0.2, 0.25) is 0 Å². The Hall–Kier alpha value is -3.67. The third-order valence-corrected chi connectivity index (χ3v) is 7.88. The van der Waals surface area contributed by atoms with Gasteiger partial charge in [-0.1, -0.05) is 11.3 Å². The van der Waals surface area contributed by atoms with Gasteiger partial charge in [-0.15, -0.1) is 0 Å². The van der Waals surface area contributed by atoms with Crippen molar-refractivity contribution in [2.45, 2.75) is 26.3 Å². The molecule has 1 N–H and O–H groups in total. The van der Waals surface area contributed by atoms with Gasteiger partial charge in [0.25, 0.3) is 0 Å². The second-order valence-corrected chi connectivity index (χ2v) is 10.4. The highest BCUT2D eigenvalue weighted by molar-refractivity contribution is 7.19. The first-order valence-corrected chi connectivity index (χ1v) is 13.3. The number of carbonyl (C=O) groups excluding carboxylic acids is 1. The van der Waals surface area contributed by atoms with Gasteiger partial charge in [0.15, 0.2) is 5.13 Å². The predicted octanol–water partition coefficient (Wildman–Crippen LogP) is 4.61. The molecule has 1 aromatic carbocycles. The van der Waals surface area contributed by atoms with Gasteiger partial charge in [-0.25, -0.2) is 18.9 Å². The Kier molecular flexibility index (Phi) is 6.64. The third kappa shape index (κ3) is 4.68. The van der Waals surface area contributed by atoms with E-state index in [1.54, 1.807) is 6.07 Å². The molecular formula is C27H27FN6O3S. The van der Waals surface area contributed by atoms with Crippen LogP contribution in [-0.2, 0) is 28.9 Å². The molecule has 1 aliphatic carbocycles. The quantitative estimate of drug-likeness (QED) is 0.400. The first kappa shape index (κ1) is 24.7. The predicted molar refractivity (Wildman–Crippen MR) is 142 cm³/mol. The van der Waals surface area contributed by atoms with E-state index in [1.165, 1.54) is 24.5 Å². The monoisotopic (exact) mass is 534 g/mol. The molecule has 3 aromatic heterocycles. The average molecular weight is 535 g/mol. The number of anilines is 1. The zero-order valence-corrected chi connectivity index (χ0v) is 22.0. The summed E-state index contributed by atoms with van der Waals surface area (Å²) in [5, 5.41) is 8.21. The molecule has 11 heteroatoms. The van der Waals surface area contributed by atoms with E-state index in [4.69, 9.17) is 14.6 Å². The molecule has 4 aromatic rings. The van der Waals surface area contributed by atoms with E-state index < -0.39 is 6.09 Å². The summed E-state index contributed by atoms with van der Waals surface area (Å²) >= 11 is 1.38. The highest BCUT2D eigenvalue weighted by Gasteiger charge is 2.30. The number of carbonyl (C=O) groups is 1. The molecule has 1 aliphatic heterocycles. The van der Waals surface area contributed by atoms with Crippen LogP contribution >= 0.6 is 11.3 Å². The Bertz CT molecular complexity index is 1490. The highest BCUT2D eigenvalue weighted by atomic mass is 32.1. The van der Waals surface area contributed by atoms with Crippen molar-refractivity contribution in [1.82, 2.24) is 24.6 Å². The number of nitrogens with one attached hydrogen (secondary N) is 1. The fourth-order valence-corrected chi connectivity index (χ4v) is 5.96. The zero-order chi connectivity index (χ0) is 26.2. The Balaban J connectivity index is 1.47. The van der Waals surface area contributed by atoms with Gasteiger partial charge in [0.05, 0.1) is 48.0 Å². The van der Waals surface area contributed by atoms with Crippen molar-refractivity contribution in [1.29, 1.82) is 0 Å². The number of amides is 1. The smallest absolute Gasteiger partial charge is 0.413 e. The van der Waals surface area contributed by atoms with Gasteiger partial charge in [0.1, 0.15) is 5.82 Å². The van der Waals surface area contributed by atoms with Crippen LogP contribution in [0.3, 0.4) is 0 Å². The van der Waals surface area contributed by atoms with Crippen molar-refractivity contribution in [3.8, 4) is 27.5 Å². The maximum absolute atomic E-state index is 14.9. The second kappa shape index (κ2) is 10.2. The van der Waals surface area contributed by atoms with Crippen molar-refractivity contribution in [2.24, 2.45) is 0 Å². The number of aromatic nitrogens is 4. The number of pyridine rings is 1. The SMILES string of the molecule is COC(=O)Nc1nc2c(s1)-c1c(c(-c3ccc(C)nc3)nn1-c1ccc(F)c(CN3CCOCC3)c1)CC2. The lowest BCUT2D eigenvalue weighted by Crippen LogP contribution is -2.35. The van der Waals surface area contributed by atoms with Crippen molar-refractivity contribution in [2.75, 3.05) is 38.7 Å². The second-order valence-electron chi connectivity index (χ2n) is 9.35. The summed E-state index contributed by atoms with van der Waals surface area (Å²) in [7, 11) is 1.32. The van der Waals surface area contributed by atoms with Crippen molar-refractivity contribution < 1.29 is 18.7 Å². The van der Waals surface area contributed by atoms with Crippen LogP contribution in [0, 0.1) is 12.7 Å². The molecule has 2 aliphatic rings. The number of nitrogens with zero attached hydrogens (tertiary/aromatic N) is 5. The van der Waals surface area contributed by atoms with Gasteiger partial charge in [-0.2, -0.15) is 5.10 Å². The summed E-state index contributed by atoms with van der Waals surface area (Å²) < 4.78 is 27.0. The number of halogens is 1. The van der Waals surface area contributed by atoms with Gasteiger partial charge < -0.3 is 9.47 Å². The molecule has 0 saturated carbocycles. The van der Waals surface area contributed by atoms with Gasteiger partial charge in [0, 0.05) is 48.2 Å². The molecule has 6 rings (SSSR count). The Morgan fingerprint density at radius 2 is 2.05 bits per heavy atom. The highest BCUT2D eigenvalue weighted by Crippen LogP contribution is 2.44. The van der Waals surface area contributed by atoms with E-state index in [2.05, 4.69) is 20.2 Å². The number of fused-ring (bicyclic) bond motifs is 3. The lowest BCUT2D eigenvalue weighted by Gasteiger charge is -2.26. The molecule has 196 valence electrons. The van der Waals surface area contributed by atoms with E-state index in [1.807, 2.05) is 36.0 Å². The fourth-order valence-electron chi connectivity index (χ4n) is 4.90. The van der Waals surface area contributed by atoms with Crippen LogP contribution in [0.5, 0.6) is 0 Å². The van der Waals surface area contributed by atoms with E-state index >= 15 is 0 Å². The Morgan fingerprint density at radius 1 is 1.21 bits per heavy atom. The standard InChI is InChI=1S/C27H27FN6O3S/c1-16-3-4-17(14-29-16)23-20-6-8-22-25(38-26(30-22)31-27(35)36-2)24(20)34(32-23)19-5-7-21(28)18(13-19)15-33-9-11-37-12-10-33/h3-5,7,13-14H,6,8-12,15H2,1-2H3,(H,30,31,35). The van der Waals surface area contributed by atoms with Gasteiger partial charge in [-0.05, 0) is 50.1 Å². The maximum Gasteiger partial charge on any atom is 0.413 e. The van der Waals surface area contributed by atoms with Crippen LogP contribution in [0.4, 0.5) is 14.3 Å². The number of thiazole rings is 1. The average Bonchev–Trinajstić information content (AvgIpc) is 3.52. The van der Waals surface area contributed by atoms with Crippen molar-refractivity contribution >= 4 is 22.6 Å². The van der Waals surface area contributed by atoms with Crippen molar-refractivity contribution in [3.05, 3.63) is 64.9 Å². The molecule has 38 heavy (non-hydrogen) atoms. The lowest BCUT2D eigenvalue weighted by molar-refractivity contribution is 0.0337. The van der Waals surface area contributed by atoms with Crippen LogP contribution < -0.4 is 5.32 Å².